The fourth-order valence-corrected chi connectivity index (χ4v) is 2.35. The lowest BCUT2D eigenvalue weighted by molar-refractivity contribution is -0.0151. The second-order valence-electron chi connectivity index (χ2n) is 4.13. The second kappa shape index (κ2) is 3.96. The molecule has 2 amide bonds. The maximum Gasteiger partial charge on any atom is 0.320 e. The number of carbonyl (C=O) groups excluding carboxylic acids is 1. The number of hydrogen-bond acceptors (Lipinski definition) is 4. The van der Waals surface area contributed by atoms with E-state index in [1.807, 2.05) is 0 Å². The van der Waals surface area contributed by atoms with E-state index < -0.39 is 11.8 Å². The van der Waals surface area contributed by atoms with E-state index in [2.05, 4.69) is 10.6 Å². The van der Waals surface area contributed by atoms with E-state index >= 15 is 0 Å². The highest BCUT2D eigenvalue weighted by atomic mass is 16.3. The molecular formula is C9H17N3O3. The Hall–Kier alpha value is -0.850. The third kappa shape index (κ3) is 1.68. The van der Waals surface area contributed by atoms with Crippen molar-refractivity contribution in [1.82, 2.24) is 15.5 Å². The predicted octanol–water partition coefficient (Wildman–Crippen LogP) is -1.56. The minimum absolute atomic E-state index is 0.126. The average Bonchev–Trinajstić information content (AvgIpc) is 2.45. The van der Waals surface area contributed by atoms with Crippen LogP contribution in [0.4, 0.5) is 4.79 Å². The molecule has 0 bridgehead atoms. The molecule has 0 aromatic heterocycles. The fraction of sp³-hybridized carbons (Fsp3) is 0.889. The number of nitrogens with one attached hydrogen (secondary N) is 2. The van der Waals surface area contributed by atoms with E-state index in [1.165, 1.54) is 4.90 Å². The standard InChI is InChI=1S/C9H17N3O3/c13-6-5-12-7(14)9(11-8(12)15)1-3-10-4-2-9/h7,10,13-14H,1-6H2,(H,11,15). The lowest BCUT2D eigenvalue weighted by atomic mass is 9.87. The van der Waals surface area contributed by atoms with Gasteiger partial charge in [0, 0.05) is 6.54 Å². The summed E-state index contributed by atoms with van der Waals surface area (Å²) < 4.78 is 0. The normalized spacial score (nSPS) is 29.6. The zero-order chi connectivity index (χ0) is 10.9. The van der Waals surface area contributed by atoms with E-state index in [-0.39, 0.29) is 19.2 Å². The number of β-amino-alcohol motifs (C(OH)–C–C–N with tert-alkyl or cyclic N) is 1. The van der Waals surface area contributed by atoms with Crippen molar-refractivity contribution < 1.29 is 15.0 Å². The van der Waals surface area contributed by atoms with Crippen LogP contribution in [-0.4, -0.2) is 59.2 Å². The molecular weight excluding hydrogens is 198 g/mol. The molecule has 2 saturated heterocycles. The predicted molar refractivity (Wildman–Crippen MR) is 53.2 cm³/mol. The molecule has 1 unspecified atom stereocenters. The van der Waals surface area contributed by atoms with Crippen LogP contribution in [0.2, 0.25) is 0 Å². The SMILES string of the molecule is O=C1NC2(CCNCC2)C(O)N1CCO. The molecule has 0 saturated carbocycles. The van der Waals surface area contributed by atoms with Gasteiger partial charge in [0.05, 0.1) is 12.1 Å². The first-order valence-corrected chi connectivity index (χ1v) is 5.28. The molecule has 2 fully saturated rings. The van der Waals surface area contributed by atoms with Gasteiger partial charge in [-0.05, 0) is 25.9 Å². The number of rotatable bonds is 2. The fourth-order valence-electron chi connectivity index (χ4n) is 2.35. The number of aliphatic hydroxyl groups is 2. The lowest BCUT2D eigenvalue weighted by Gasteiger charge is -2.36. The van der Waals surface area contributed by atoms with Crippen molar-refractivity contribution in [2.45, 2.75) is 24.6 Å². The van der Waals surface area contributed by atoms with Crippen molar-refractivity contribution in [2.75, 3.05) is 26.2 Å². The zero-order valence-corrected chi connectivity index (χ0v) is 8.57. The Morgan fingerprint density at radius 1 is 1.47 bits per heavy atom. The highest BCUT2D eigenvalue weighted by Crippen LogP contribution is 2.29. The quantitative estimate of drug-likeness (QED) is 0.449. The molecule has 86 valence electrons. The monoisotopic (exact) mass is 215 g/mol. The van der Waals surface area contributed by atoms with Crippen LogP contribution in [0.1, 0.15) is 12.8 Å². The second-order valence-corrected chi connectivity index (χ2v) is 4.13. The zero-order valence-electron chi connectivity index (χ0n) is 8.57. The van der Waals surface area contributed by atoms with Gasteiger partial charge in [-0.2, -0.15) is 0 Å². The van der Waals surface area contributed by atoms with Crippen molar-refractivity contribution in [3.05, 3.63) is 0 Å². The number of aliphatic hydroxyl groups excluding tert-OH is 2. The molecule has 0 aromatic carbocycles. The number of carbonyl (C=O) groups is 1. The first-order valence-electron chi connectivity index (χ1n) is 5.28. The molecule has 2 heterocycles. The molecule has 2 aliphatic heterocycles. The summed E-state index contributed by atoms with van der Waals surface area (Å²) in [5.74, 6) is 0. The largest absolute Gasteiger partial charge is 0.395 e. The summed E-state index contributed by atoms with van der Waals surface area (Å²) in [5, 5.41) is 24.9. The molecule has 0 aromatic rings. The highest BCUT2D eigenvalue weighted by molar-refractivity contribution is 5.78. The maximum absolute atomic E-state index is 11.6. The van der Waals surface area contributed by atoms with Crippen molar-refractivity contribution in [3.63, 3.8) is 0 Å². The summed E-state index contributed by atoms with van der Waals surface area (Å²) in [4.78, 5) is 12.9. The van der Waals surface area contributed by atoms with E-state index in [9.17, 15) is 9.90 Å². The Kier molecular flexibility index (Phi) is 2.81. The summed E-state index contributed by atoms with van der Waals surface area (Å²) in [6, 6.07) is -0.279. The van der Waals surface area contributed by atoms with E-state index in [0.29, 0.717) is 0 Å². The number of hydrogen-bond donors (Lipinski definition) is 4. The van der Waals surface area contributed by atoms with Gasteiger partial charge in [0.15, 0.2) is 6.23 Å². The van der Waals surface area contributed by atoms with E-state index in [4.69, 9.17) is 5.11 Å². The van der Waals surface area contributed by atoms with Crippen LogP contribution in [0.15, 0.2) is 0 Å². The van der Waals surface area contributed by atoms with Crippen molar-refractivity contribution in [2.24, 2.45) is 0 Å². The van der Waals surface area contributed by atoms with Crippen molar-refractivity contribution in [3.8, 4) is 0 Å². The lowest BCUT2D eigenvalue weighted by Crippen LogP contribution is -2.56. The highest BCUT2D eigenvalue weighted by Gasteiger charge is 2.50. The van der Waals surface area contributed by atoms with E-state index in [1.54, 1.807) is 0 Å². The third-order valence-corrected chi connectivity index (χ3v) is 3.24. The third-order valence-electron chi connectivity index (χ3n) is 3.24. The molecule has 6 nitrogen and oxygen atoms in total. The van der Waals surface area contributed by atoms with Crippen LogP contribution in [0.5, 0.6) is 0 Å². The Morgan fingerprint density at radius 2 is 2.13 bits per heavy atom. The van der Waals surface area contributed by atoms with Gasteiger partial charge < -0.3 is 20.8 Å². The summed E-state index contributed by atoms with van der Waals surface area (Å²) in [6.45, 7) is 1.65. The van der Waals surface area contributed by atoms with Gasteiger partial charge in [-0.25, -0.2) is 4.79 Å². The Balaban J connectivity index is 2.12. The minimum atomic E-state index is -0.820. The molecule has 0 aliphatic carbocycles. The molecule has 2 rings (SSSR count). The van der Waals surface area contributed by atoms with Crippen LogP contribution in [0.3, 0.4) is 0 Å². The Bertz CT molecular complexity index is 253. The number of amides is 2. The topological polar surface area (TPSA) is 84.8 Å². The minimum Gasteiger partial charge on any atom is -0.395 e. The summed E-state index contributed by atoms with van der Waals surface area (Å²) >= 11 is 0. The smallest absolute Gasteiger partial charge is 0.320 e. The molecule has 15 heavy (non-hydrogen) atoms. The van der Waals surface area contributed by atoms with Gasteiger partial charge >= 0.3 is 6.03 Å². The Morgan fingerprint density at radius 3 is 2.73 bits per heavy atom. The van der Waals surface area contributed by atoms with Gasteiger partial charge in [0.25, 0.3) is 0 Å². The Labute approximate surface area is 88.3 Å². The molecule has 2 aliphatic rings. The summed E-state index contributed by atoms with van der Waals surface area (Å²) in [5.41, 5.74) is -0.516. The number of nitrogens with zero attached hydrogens (tertiary/aromatic N) is 1. The molecule has 1 atom stereocenters. The summed E-state index contributed by atoms with van der Waals surface area (Å²) in [7, 11) is 0. The van der Waals surface area contributed by atoms with Gasteiger partial charge in [-0.15, -0.1) is 0 Å². The van der Waals surface area contributed by atoms with Crippen LogP contribution < -0.4 is 10.6 Å². The van der Waals surface area contributed by atoms with Gasteiger partial charge in [0.1, 0.15) is 0 Å². The molecule has 4 N–H and O–H groups in total. The van der Waals surface area contributed by atoms with Crippen LogP contribution >= 0.6 is 0 Å². The number of urea groups is 1. The van der Waals surface area contributed by atoms with Gasteiger partial charge in [0.2, 0.25) is 0 Å². The number of piperidine rings is 1. The van der Waals surface area contributed by atoms with Crippen LogP contribution in [0.25, 0.3) is 0 Å². The summed E-state index contributed by atoms with van der Waals surface area (Å²) in [6.07, 6.45) is 0.628. The first kappa shape index (κ1) is 10.7. The van der Waals surface area contributed by atoms with Gasteiger partial charge in [-0.3, -0.25) is 4.90 Å². The molecule has 0 radical (unpaired) electrons. The van der Waals surface area contributed by atoms with Crippen molar-refractivity contribution in [1.29, 1.82) is 0 Å². The maximum atomic E-state index is 11.6. The molecule has 1 spiro atoms. The van der Waals surface area contributed by atoms with Gasteiger partial charge in [-0.1, -0.05) is 0 Å². The van der Waals surface area contributed by atoms with Crippen LogP contribution in [0, 0.1) is 0 Å². The average molecular weight is 215 g/mol. The van der Waals surface area contributed by atoms with E-state index in [0.717, 1.165) is 25.9 Å². The van der Waals surface area contributed by atoms with Crippen molar-refractivity contribution >= 4 is 6.03 Å². The molecule has 6 heteroatoms. The van der Waals surface area contributed by atoms with Crippen LogP contribution in [-0.2, 0) is 0 Å². The first-order chi connectivity index (χ1) is 7.19.